The molecule has 1 unspecified atom stereocenters. The zero-order valence-corrected chi connectivity index (χ0v) is 16.1. The number of rotatable bonds is 7. The average Bonchev–Trinajstić information content (AvgIpc) is 2.98. The van der Waals surface area contributed by atoms with E-state index >= 15 is 0 Å². The van der Waals surface area contributed by atoms with Gasteiger partial charge in [0, 0.05) is 17.5 Å². The van der Waals surface area contributed by atoms with Crippen LogP contribution in [0.5, 0.6) is 0 Å². The number of carbonyl (C=O) groups excluding carboxylic acids is 2. The molecule has 0 radical (unpaired) electrons. The highest BCUT2D eigenvalue weighted by molar-refractivity contribution is 6.30. The molecule has 2 amide bonds. The predicted octanol–water partition coefficient (Wildman–Crippen LogP) is 3.91. The number of nitrogens with zero attached hydrogens (tertiary/aromatic N) is 1. The lowest BCUT2D eigenvalue weighted by Gasteiger charge is -2.22. The van der Waals surface area contributed by atoms with Crippen LogP contribution in [0, 0.1) is 12.8 Å². The second kappa shape index (κ2) is 8.85. The van der Waals surface area contributed by atoms with Crippen LogP contribution in [0.4, 0.5) is 5.82 Å². The van der Waals surface area contributed by atoms with Crippen LogP contribution in [0.25, 0.3) is 0 Å². The van der Waals surface area contributed by atoms with Crippen molar-refractivity contribution >= 4 is 29.2 Å². The smallest absolute Gasteiger partial charge is 0.247 e. The summed E-state index contributed by atoms with van der Waals surface area (Å²) >= 11 is 5.94. The van der Waals surface area contributed by atoms with Gasteiger partial charge in [-0.05, 0) is 43.4 Å². The van der Waals surface area contributed by atoms with E-state index in [0.29, 0.717) is 23.0 Å². The van der Waals surface area contributed by atoms with Crippen LogP contribution < -0.4 is 10.6 Å². The van der Waals surface area contributed by atoms with Crippen molar-refractivity contribution in [3.05, 3.63) is 46.7 Å². The summed E-state index contributed by atoms with van der Waals surface area (Å²) in [6, 6.07) is 8.44. The molecule has 6 nitrogen and oxygen atoms in total. The third-order valence-electron chi connectivity index (χ3n) is 4.16. The van der Waals surface area contributed by atoms with Gasteiger partial charge in [-0.2, -0.15) is 0 Å². The maximum absolute atomic E-state index is 12.4. The molecule has 7 heteroatoms. The molecule has 0 bridgehead atoms. The lowest BCUT2D eigenvalue weighted by molar-refractivity contribution is -0.126. The lowest BCUT2D eigenvalue weighted by Crippen LogP contribution is -2.42. The van der Waals surface area contributed by atoms with Crippen molar-refractivity contribution in [2.24, 2.45) is 5.92 Å². The number of hydrogen-bond acceptors (Lipinski definition) is 4. The van der Waals surface area contributed by atoms with Gasteiger partial charge in [-0.25, -0.2) is 0 Å². The summed E-state index contributed by atoms with van der Waals surface area (Å²) in [5.74, 6) is 0.705. The van der Waals surface area contributed by atoms with Crippen LogP contribution in [0.15, 0.2) is 34.9 Å². The first-order chi connectivity index (χ1) is 12.3. The quantitative estimate of drug-likeness (QED) is 0.766. The second-order valence-electron chi connectivity index (χ2n) is 6.71. The first-order valence-electron chi connectivity index (χ1n) is 8.55. The Morgan fingerprint density at radius 2 is 1.85 bits per heavy atom. The molecule has 0 saturated carbocycles. The van der Waals surface area contributed by atoms with Gasteiger partial charge in [0.1, 0.15) is 11.8 Å². The monoisotopic (exact) mass is 377 g/mol. The maximum atomic E-state index is 12.4. The Morgan fingerprint density at radius 1 is 1.19 bits per heavy atom. The molecule has 0 fully saturated rings. The first-order valence-corrected chi connectivity index (χ1v) is 8.93. The molecule has 140 valence electrons. The van der Waals surface area contributed by atoms with E-state index < -0.39 is 6.04 Å². The van der Waals surface area contributed by atoms with E-state index in [4.69, 9.17) is 16.1 Å². The van der Waals surface area contributed by atoms with E-state index in [0.717, 1.165) is 5.56 Å². The van der Waals surface area contributed by atoms with Crippen molar-refractivity contribution in [1.82, 2.24) is 10.5 Å². The zero-order chi connectivity index (χ0) is 19.3. The van der Waals surface area contributed by atoms with Crippen LogP contribution in [0.2, 0.25) is 5.02 Å². The van der Waals surface area contributed by atoms with Crippen LogP contribution in [-0.4, -0.2) is 23.0 Å². The number of hydrogen-bond donors (Lipinski definition) is 2. The highest BCUT2D eigenvalue weighted by atomic mass is 35.5. The van der Waals surface area contributed by atoms with E-state index in [-0.39, 0.29) is 23.7 Å². The van der Waals surface area contributed by atoms with E-state index in [1.54, 1.807) is 19.9 Å². The summed E-state index contributed by atoms with van der Waals surface area (Å²) in [5, 5.41) is 9.71. The minimum absolute atomic E-state index is 0.0423. The Kier molecular flexibility index (Phi) is 6.80. The molecule has 2 rings (SSSR count). The first kappa shape index (κ1) is 20.0. The fraction of sp³-hybridized carbons (Fsp3) is 0.421. The number of aromatic nitrogens is 1. The van der Waals surface area contributed by atoms with Crippen LogP contribution in [0.1, 0.15) is 44.4 Å². The normalized spacial score (nSPS) is 13.3. The molecule has 2 aromatic rings. The molecule has 0 aliphatic rings. The molecule has 1 aromatic heterocycles. The predicted molar refractivity (Wildman–Crippen MR) is 101 cm³/mol. The summed E-state index contributed by atoms with van der Waals surface area (Å²) in [6.45, 7) is 7.49. The topological polar surface area (TPSA) is 84.2 Å². The van der Waals surface area contributed by atoms with Crippen molar-refractivity contribution in [2.75, 3.05) is 5.32 Å². The number of carbonyl (C=O) groups is 2. The van der Waals surface area contributed by atoms with E-state index in [9.17, 15) is 9.59 Å². The third-order valence-corrected chi connectivity index (χ3v) is 4.41. The second-order valence-corrected chi connectivity index (χ2v) is 7.14. The third kappa shape index (κ3) is 5.59. The molecule has 26 heavy (non-hydrogen) atoms. The van der Waals surface area contributed by atoms with Gasteiger partial charge in [0.25, 0.3) is 0 Å². The molecule has 1 heterocycles. The molecule has 2 atom stereocenters. The number of aryl methyl sites for hydroxylation is 1. The zero-order valence-electron chi connectivity index (χ0n) is 15.4. The summed E-state index contributed by atoms with van der Waals surface area (Å²) in [4.78, 5) is 24.6. The molecular formula is C19H24ClN3O3. The molecule has 2 N–H and O–H groups in total. The van der Waals surface area contributed by atoms with Crippen molar-refractivity contribution in [2.45, 2.75) is 46.1 Å². The van der Waals surface area contributed by atoms with E-state index in [1.165, 1.54) is 0 Å². The van der Waals surface area contributed by atoms with Gasteiger partial charge < -0.3 is 15.2 Å². The standard InChI is InChI=1S/C19H24ClN3O3/c1-11(2)16(14-5-7-15(20)8-6-14)10-18(24)21-13(4)19(25)22-17-9-12(3)26-23-17/h5-9,11,13,16H,10H2,1-4H3,(H,21,24)(H,22,23,25)/t13-,16?/m0/s1. The van der Waals surface area contributed by atoms with Crippen molar-refractivity contribution in [3.8, 4) is 0 Å². The number of nitrogens with one attached hydrogen (secondary N) is 2. The van der Waals surface area contributed by atoms with E-state index in [1.807, 2.05) is 24.3 Å². The van der Waals surface area contributed by atoms with E-state index in [2.05, 4.69) is 29.6 Å². The Bertz CT molecular complexity index is 756. The minimum atomic E-state index is -0.683. The molecular weight excluding hydrogens is 354 g/mol. The number of benzene rings is 1. The number of amides is 2. The molecule has 0 spiro atoms. The number of anilines is 1. The van der Waals surface area contributed by atoms with Gasteiger partial charge >= 0.3 is 0 Å². The highest BCUT2D eigenvalue weighted by Gasteiger charge is 2.22. The Labute approximate surface area is 158 Å². The summed E-state index contributed by atoms with van der Waals surface area (Å²) in [6.07, 6.45) is 0.292. The Hall–Kier alpha value is -2.34. The van der Waals surface area contributed by atoms with Crippen LogP contribution in [-0.2, 0) is 9.59 Å². The molecule has 1 aromatic carbocycles. The van der Waals surface area contributed by atoms with Gasteiger partial charge in [0.05, 0.1) is 0 Å². The van der Waals surface area contributed by atoms with Gasteiger partial charge in [0.2, 0.25) is 11.8 Å². The van der Waals surface area contributed by atoms with Crippen molar-refractivity contribution in [1.29, 1.82) is 0 Å². The Morgan fingerprint density at radius 3 is 2.38 bits per heavy atom. The summed E-state index contributed by atoms with van der Waals surface area (Å²) in [5.41, 5.74) is 1.05. The fourth-order valence-corrected chi connectivity index (χ4v) is 2.80. The van der Waals surface area contributed by atoms with Gasteiger partial charge in [-0.15, -0.1) is 0 Å². The Balaban J connectivity index is 1.94. The van der Waals surface area contributed by atoms with Gasteiger partial charge in [-0.1, -0.05) is 42.7 Å². The lowest BCUT2D eigenvalue weighted by atomic mass is 9.85. The van der Waals surface area contributed by atoms with Gasteiger partial charge in [-0.3, -0.25) is 9.59 Å². The SMILES string of the molecule is Cc1cc(NC(=O)[C@H](C)NC(=O)CC(c2ccc(Cl)cc2)C(C)C)no1. The van der Waals surface area contributed by atoms with Crippen molar-refractivity contribution < 1.29 is 14.1 Å². The molecule has 0 aliphatic carbocycles. The number of halogens is 1. The fourth-order valence-electron chi connectivity index (χ4n) is 2.67. The molecule has 0 saturated heterocycles. The van der Waals surface area contributed by atoms with Crippen molar-refractivity contribution in [3.63, 3.8) is 0 Å². The minimum Gasteiger partial charge on any atom is -0.360 e. The van der Waals surface area contributed by atoms with Crippen LogP contribution in [0.3, 0.4) is 0 Å². The average molecular weight is 378 g/mol. The molecule has 0 aliphatic heterocycles. The maximum Gasteiger partial charge on any atom is 0.247 e. The summed E-state index contributed by atoms with van der Waals surface area (Å²) < 4.78 is 4.90. The highest BCUT2D eigenvalue weighted by Crippen LogP contribution is 2.28. The van der Waals surface area contributed by atoms with Gasteiger partial charge in [0.15, 0.2) is 5.82 Å². The largest absolute Gasteiger partial charge is 0.360 e. The van der Waals surface area contributed by atoms with Crippen LogP contribution >= 0.6 is 11.6 Å². The summed E-state index contributed by atoms with van der Waals surface area (Å²) in [7, 11) is 0.